The Morgan fingerprint density at radius 1 is 1.28 bits per heavy atom. The van der Waals surface area contributed by atoms with Gasteiger partial charge in [0.15, 0.2) is 0 Å². The van der Waals surface area contributed by atoms with Gasteiger partial charge < -0.3 is 9.80 Å². The van der Waals surface area contributed by atoms with E-state index in [2.05, 4.69) is 87.8 Å². The molecule has 0 bridgehead atoms. The van der Waals surface area contributed by atoms with E-state index >= 15 is 0 Å². The second-order valence-corrected chi connectivity index (χ2v) is 6.23. The van der Waals surface area contributed by atoms with Crippen LogP contribution in [-0.4, -0.2) is 38.1 Å². The highest BCUT2D eigenvalue weighted by molar-refractivity contribution is 9.10. The molecule has 0 N–H and O–H groups in total. The lowest BCUT2D eigenvalue weighted by Gasteiger charge is -2.33. The van der Waals surface area contributed by atoms with Gasteiger partial charge in [0.25, 0.3) is 0 Å². The third-order valence-corrected chi connectivity index (χ3v) is 4.26. The van der Waals surface area contributed by atoms with Gasteiger partial charge in [-0.1, -0.05) is 22.0 Å². The molecule has 102 valence electrons. The molecule has 1 atom stereocenters. The van der Waals surface area contributed by atoms with Crippen molar-refractivity contribution in [2.75, 3.05) is 32.1 Å². The van der Waals surface area contributed by atoms with E-state index in [1.165, 1.54) is 15.7 Å². The molecule has 2 nitrogen and oxygen atoms in total. The molecule has 0 aliphatic heterocycles. The zero-order valence-corrected chi connectivity index (χ0v) is 14.8. The molecule has 0 spiro atoms. The van der Waals surface area contributed by atoms with Crippen LogP contribution in [0.5, 0.6) is 0 Å². The van der Waals surface area contributed by atoms with Gasteiger partial charge in [-0.15, -0.1) is 0 Å². The minimum Gasteiger partial charge on any atom is -0.367 e. The number of rotatable bonds is 6. The molecule has 1 rings (SSSR count). The average molecular weight is 378 g/mol. The summed E-state index contributed by atoms with van der Waals surface area (Å²) in [6.07, 6.45) is 0. The molecule has 1 aromatic carbocycles. The Morgan fingerprint density at radius 3 is 2.39 bits per heavy atom. The quantitative estimate of drug-likeness (QED) is 0.688. The van der Waals surface area contributed by atoms with Crippen molar-refractivity contribution in [3.05, 3.63) is 28.2 Å². The third kappa shape index (κ3) is 4.25. The van der Waals surface area contributed by atoms with Gasteiger partial charge in [0.2, 0.25) is 0 Å². The van der Waals surface area contributed by atoms with Crippen molar-refractivity contribution in [3.63, 3.8) is 0 Å². The van der Waals surface area contributed by atoms with Crippen LogP contribution >= 0.6 is 31.9 Å². The van der Waals surface area contributed by atoms with Crippen LogP contribution in [0.4, 0.5) is 5.69 Å². The fraction of sp³-hybridized carbons (Fsp3) is 0.571. The second-order valence-electron chi connectivity index (χ2n) is 4.82. The second kappa shape index (κ2) is 7.51. The number of hydrogen-bond donors (Lipinski definition) is 0. The zero-order chi connectivity index (χ0) is 13.7. The van der Waals surface area contributed by atoms with Crippen molar-refractivity contribution in [1.82, 2.24) is 4.90 Å². The molecule has 0 saturated carbocycles. The highest BCUT2D eigenvalue weighted by atomic mass is 79.9. The number of benzene rings is 1. The molecule has 0 radical (unpaired) electrons. The molecule has 1 unspecified atom stereocenters. The fourth-order valence-corrected chi connectivity index (χ4v) is 3.22. The molecule has 0 aliphatic carbocycles. The van der Waals surface area contributed by atoms with Crippen LogP contribution in [0.15, 0.2) is 22.7 Å². The van der Waals surface area contributed by atoms with E-state index in [1.807, 2.05) is 0 Å². The number of anilines is 1. The average Bonchev–Trinajstić information content (AvgIpc) is 2.31. The van der Waals surface area contributed by atoms with E-state index in [4.69, 9.17) is 0 Å². The SMILES string of the molecule is CCN(c1ccc(CBr)cc1Br)C(C)CN(C)C. The molecule has 0 heterocycles. The largest absolute Gasteiger partial charge is 0.367 e. The molecule has 4 heteroatoms. The Balaban J connectivity index is 2.94. The Bertz CT molecular complexity index is 380. The molecular weight excluding hydrogens is 356 g/mol. The summed E-state index contributed by atoms with van der Waals surface area (Å²) >= 11 is 7.18. The van der Waals surface area contributed by atoms with Gasteiger partial charge >= 0.3 is 0 Å². The lowest BCUT2D eigenvalue weighted by atomic mass is 10.1. The van der Waals surface area contributed by atoms with Crippen LogP contribution in [-0.2, 0) is 5.33 Å². The Hall–Kier alpha value is -0.0600. The van der Waals surface area contributed by atoms with Crippen molar-refractivity contribution in [3.8, 4) is 0 Å². The normalized spacial score (nSPS) is 12.8. The van der Waals surface area contributed by atoms with Gasteiger partial charge in [-0.3, -0.25) is 0 Å². The summed E-state index contributed by atoms with van der Waals surface area (Å²) < 4.78 is 1.17. The monoisotopic (exact) mass is 376 g/mol. The highest BCUT2D eigenvalue weighted by Crippen LogP contribution is 2.29. The van der Waals surface area contributed by atoms with E-state index in [0.717, 1.165) is 18.4 Å². The standard InChI is InChI=1S/C14H22Br2N2/c1-5-18(11(2)10-17(3)4)14-7-6-12(9-15)8-13(14)16/h6-8,11H,5,9-10H2,1-4H3. The molecule has 0 aliphatic rings. The number of nitrogens with zero attached hydrogens (tertiary/aromatic N) is 2. The van der Waals surface area contributed by atoms with Crippen LogP contribution in [0.3, 0.4) is 0 Å². The van der Waals surface area contributed by atoms with Gasteiger partial charge in [-0.25, -0.2) is 0 Å². The van der Waals surface area contributed by atoms with Gasteiger partial charge in [-0.2, -0.15) is 0 Å². The number of likely N-dealkylation sites (N-methyl/N-ethyl adjacent to an activating group) is 2. The molecular formula is C14H22Br2N2. The van der Waals surface area contributed by atoms with Crippen molar-refractivity contribution in [1.29, 1.82) is 0 Å². The van der Waals surface area contributed by atoms with Crippen molar-refractivity contribution >= 4 is 37.5 Å². The third-order valence-electron chi connectivity index (χ3n) is 2.98. The van der Waals surface area contributed by atoms with Gasteiger partial charge in [0.1, 0.15) is 0 Å². The summed E-state index contributed by atoms with van der Waals surface area (Å²) in [5.74, 6) is 0. The van der Waals surface area contributed by atoms with E-state index in [0.29, 0.717) is 6.04 Å². The summed E-state index contributed by atoms with van der Waals surface area (Å²) in [5.41, 5.74) is 2.57. The van der Waals surface area contributed by atoms with E-state index < -0.39 is 0 Å². The van der Waals surface area contributed by atoms with Crippen LogP contribution in [0.1, 0.15) is 19.4 Å². The van der Waals surface area contributed by atoms with Crippen LogP contribution in [0, 0.1) is 0 Å². The lowest BCUT2D eigenvalue weighted by Crippen LogP contribution is -2.40. The van der Waals surface area contributed by atoms with Gasteiger partial charge in [0, 0.05) is 28.9 Å². The van der Waals surface area contributed by atoms with Crippen molar-refractivity contribution < 1.29 is 0 Å². The van der Waals surface area contributed by atoms with Crippen LogP contribution in [0.25, 0.3) is 0 Å². The first-order valence-corrected chi connectivity index (χ1v) is 8.16. The molecule has 1 aromatic rings. The van der Waals surface area contributed by atoms with Crippen molar-refractivity contribution in [2.24, 2.45) is 0 Å². The minimum atomic E-state index is 0.496. The van der Waals surface area contributed by atoms with Gasteiger partial charge in [0.05, 0.1) is 5.69 Å². The first-order valence-electron chi connectivity index (χ1n) is 6.25. The summed E-state index contributed by atoms with van der Waals surface area (Å²) in [6.45, 7) is 6.55. The van der Waals surface area contributed by atoms with E-state index in [1.54, 1.807) is 0 Å². The summed E-state index contributed by atoms with van der Waals surface area (Å²) in [5, 5.41) is 0.894. The number of alkyl halides is 1. The Labute approximate surface area is 128 Å². The number of halogens is 2. The highest BCUT2D eigenvalue weighted by Gasteiger charge is 2.16. The molecule has 0 aromatic heterocycles. The Kier molecular flexibility index (Phi) is 6.67. The summed E-state index contributed by atoms with van der Waals surface area (Å²) in [4.78, 5) is 4.66. The molecule has 0 saturated heterocycles. The first kappa shape index (κ1) is 16.0. The maximum atomic E-state index is 3.69. The summed E-state index contributed by atoms with van der Waals surface area (Å²) in [6, 6.07) is 7.07. The van der Waals surface area contributed by atoms with Gasteiger partial charge in [-0.05, 0) is 61.6 Å². The van der Waals surface area contributed by atoms with Crippen molar-refractivity contribution in [2.45, 2.75) is 25.2 Å². The molecule has 18 heavy (non-hydrogen) atoms. The van der Waals surface area contributed by atoms with Crippen LogP contribution < -0.4 is 4.90 Å². The topological polar surface area (TPSA) is 6.48 Å². The zero-order valence-electron chi connectivity index (χ0n) is 11.6. The first-order chi connectivity index (χ1) is 8.49. The maximum absolute atomic E-state index is 3.69. The van der Waals surface area contributed by atoms with E-state index in [-0.39, 0.29) is 0 Å². The smallest absolute Gasteiger partial charge is 0.0513 e. The summed E-state index contributed by atoms with van der Waals surface area (Å²) in [7, 11) is 4.24. The lowest BCUT2D eigenvalue weighted by molar-refractivity contribution is 0.373. The van der Waals surface area contributed by atoms with E-state index in [9.17, 15) is 0 Å². The predicted octanol–water partition coefficient (Wildman–Crippen LogP) is 4.12. The Morgan fingerprint density at radius 2 is 1.94 bits per heavy atom. The molecule has 0 amide bonds. The minimum absolute atomic E-state index is 0.496. The number of hydrogen-bond acceptors (Lipinski definition) is 2. The predicted molar refractivity (Wildman–Crippen MR) is 87.8 cm³/mol. The molecule has 0 fully saturated rings. The maximum Gasteiger partial charge on any atom is 0.0513 e. The van der Waals surface area contributed by atoms with Crippen LogP contribution in [0.2, 0.25) is 0 Å². The fourth-order valence-electron chi connectivity index (χ4n) is 2.21.